The minimum Gasteiger partial charge on any atom is -0.324 e. The molecule has 1 aromatic carbocycles. The van der Waals surface area contributed by atoms with Gasteiger partial charge in [0.25, 0.3) is 11.8 Å². The van der Waals surface area contributed by atoms with Gasteiger partial charge in [0.15, 0.2) is 0 Å². The Labute approximate surface area is 141 Å². The van der Waals surface area contributed by atoms with Crippen LogP contribution in [0.4, 0.5) is 18.9 Å². The maximum absolute atomic E-state index is 12.7. The van der Waals surface area contributed by atoms with Crippen molar-refractivity contribution in [3.63, 3.8) is 0 Å². The first kappa shape index (κ1) is 16.9. The normalized spacial score (nSPS) is 22.5. The smallest absolute Gasteiger partial charge is 0.324 e. The van der Waals surface area contributed by atoms with Crippen LogP contribution in [0.1, 0.15) is 18.9 Å². The molecule has 130 valence electrons. The lowest BCUT2D eigenvalue weighted by Gasteiger charge is -2.41. The van der Waals surface area contributed by atoms with Crippen LogP contribution in [-0.4, -0.2) is 28.1 Å². The number of anilines is 1. The van der Waals surface area contributed by atoms with Gasteiger partial charge in [0.05, 0.1) is 12.0 Å². The lowest BCUT2D eigenvalue weighted by atomic mass is 9.91. The van der Waals surface area contributed by atoms with E-state index in [4.69, 9.17) is 0 Å². The molecule has 0 aromatic heterocycles. The highest BCUT2D eigenvalue weighted by atomic mass is 19.4. The summed E-state index contributed by atoms with van der Waals surface area (Å²) < 4.78 is 37.8. The molecule has 25 heavy (non-hydrogen) atoms. The van der Waals surface area contributed by atoms with Gasteiger partial charge in [-0.05, 0) is 43.3 Å². The van der Waals surface area contributed by atoms with Crippen LogP contribution in [0.5, 0.6) is 0 Å². The maximum Gasteiger partial charge on any atom is 0.416 e. The summed E-state index contributed by atoms with van der Waals surface area (Å²) in [5.74, 6) is -0.590. The Bertz CT molecular complexity index is 809. The zero-order valence-corrected chi connectivity index (χ0v) is 13.2. The van der Waals surface area contributed by atoms with Gasteiger partial charge in [0.1, 0.15) is 11.4 Å². The Balaban J connectivity index is 1.83. The number of aliphatic imine (C=N–C) groups is 1. The lowest BCUT2D eigenvalue weighted by Crippen LogP contribution is -2.58. The van der Waals surface area contributed by atoms with E-state index in [-0.39, 0.29) is 12.1 Å². The molecule has 5 nitrogen and oxygen atoms in total. The number of carbonyl (C=O) groups is 2. The molecule has 2 heterocycles. The Morgan fingerprint density at radius 2 is 1.92 bits per heavy atom. The van der Waals surface area contributed by atoms with Gasteiger partial charge in [-0.3, -0.25) is 9.59 Å². The molecule has 0 saturated carbocycles. The molecule has 1 atom stereocenters. The summed E-state index contributed by atoms with van der Waals surface area (Å²) in [6.45, 7) is 1.59. The Morgan fingerprint density at radius 1 is 1.24 bits per heavy atom. The number of alkyl halides is 3. The summed E-state index contributed by atoms with van der Waals surface area (Å²) in [4.78, 5) is 30.1. The first-order chi connectivity index (χ1) is 11.7. The highest BCUT2D eigenvalue weighted by Gasteiger charge is 2.45. The van der Waals surface area contributed by atoms with Gasteiger partial charge < -0.3 is 10.2 Å². The van der Waals surface area contributed by atoms with E-state index in [0.29, 0.717) is 5.84 Å². The number of benzene rings is 1. The van der Waals surface area contributed by atoms with Crippen LogP contribution in [0.2, 0.25) is 0 Å². The van der Waals surface area contributed by atoms with E-state index in [1.54, 1.807) is 36.3 Å². The molecular weight excluding hydrogens is 335 g/mol. The van der Waals surface area contributed by atoms with E-state index in [1.807, 2.05) is 0 Å². The van der Waals surface area contributed by atoms with Crippen molar-refractivity contribution in [2.45, 2.75) is 25.1 Å². The number of fused-ring (bicyclic) bond motifs is 1. The average Bonchev–Trinajstić information content (AvgIpc) is 2.54. The van der Waals surface area contributed by atoms with Crippen molar-refractivity contribution in [1.29, 1.82) is 0 Å². The number of rotatable bonds is 2. The first-order valence-electron chi connectivity index (χ1n) is 7.44. The number of halogens is 3. The minimum atomic E-state index is -4.44. The predicted octanol–water partition coefficient (Wildman–Crippen LogP) is 3.12. The van der Waals surface area contributed by atoms with Crippen molar-refractivity contribution in [3.05, 3.63) is 54.3 Å². The van der Waals surface area contributed by atoms with E-state index in [1.165, 1.54) is 12.1 Å². The molecule has 0 radical (unpaired) electrons. The van der Waals surface area contributed by atoms with Crippen molar-refractivity contribution in [3.8, 4) is 0 Å². The second-order valence-electron chi connectivity index (χ2n) is 5.91. The molecular formula is C17H14F3N3O2. The van der Waals surface area contributed by atoms with E-state index >= 15 is 0 Å². The molecule has 0 saturated heterocycles. The van der Waals surface area contributed by atoms with Crippen molar-refractivity contribution < 1.29 is 22.8 Å². The van der Waals surface area contributed by atoms with Gasteiger partial charge in [-0.1, -0.05) is 6.08 Å². The molecule has 0 aliphatic carbocycles. The molecule has 1 N–H and O–H groups in total. The number of nitrogens with zero attached hydrogens (tertiary/aromatic N) is 2. The van der Waals surface area contributed by atoms with Crippen LogP contribution in [0.3, 0.4) is 0 Å². The molecule has 2 aliphatic rings. The summed E-state index contributed by atoms with van der Waals surface area (Å²) in [7, 11) is 0. The van der Waals surface area contributed by atoms with Crippen LogP contribution < -0.4 is 5.32 Å². The highest BCUT2D eigenvalue weighted by Crippen LogP contribution is 2.31. The summed E-state index contributed by atoms with van der Waals surface area (Å²) in [5.41, 5.74) is -1.81. The van der Waals surface area contributed by atoms with Crippen molar-refractivity contribution >= 4 is 23.3 Å². The number of amidine groups is 1. The van der Waals surface area contributed by atoms with Gasteiger partial charge in [0, 0.05) is 11.9 Å². The number of amides is 2. The maximum atomic E-state index is 12.7. The van der Waals surface area contributed by atoms with Gasteiger partial charge >= 0.3 is 6.18 Å². The molecule has 0 spiro atoms. The fourth-order valence-corrected chi connectivity index (χ4v) is 2.69. The van der Waals surface area contributed by atoms with Crippen LogP contribution >= 0.6 is 0 Å². The largest absolute Gasteiger partial charge is 0.416 e. The molecule has 2 amide bonds. The van der Waals surface area contributed by atoms with Crippen molar-refractivity contribution in [1.82, 2.24) is 4.90 Å². The van der Waals surface area contributed by atoms with E-state index in [9.17, 15) is 22.8 Å². The average molecular weight is 349 g/mol. The zero-order valence-electron chi connectivity index (χ0n) is 13.2. The standard InChI is InChI=1S/C17H14F3N3O2/c1-16(10-14(24)22-13-4-2-3-9-23(13)16)15(25)21-12-7-5-11(6-8-12)17(18,19)20/h2-9H,10H2,1H3,(H,21,25). The SMILES string of the molecule is CC1(C(=O)Nc2ccc(C(F)(F)F)cc2)CC(=O)N=C2C=CC=CN21. The fraction of sp³-hybridized carbons (Fsp3) is 0.235. The van der Waals surface area contributed by atoms with Gasteiger partial charge in [-0.25, -0.2) is 0 Å². The van der Waals surface area contributed by atoms with Crippen LogP contribution in [0, 0.1) is 0 Å². The van der Waals surface area contributed by atoms with Crippen LogP contribution in [0.25, 0.3) is 0 Å². The number of allylic oxidation sites excluding steroid dienone is 2. The predicted molar refractivity (Wildman–Crippen MR) is 85.7 cm³/mol. The third kappa shape index (κ3) is 3.19. The number of carbonyl (C=O) groups excluding carboxylic acids is 2. The lowest BCUT2D eigenvalue weighted by molar-refractivity contribution is -0.137. The molecule has 3 rings (SSSR count). The number of nitrogens with one attached hydrogen (secondary N) is 1. The van der Waals surface area contributed by atoms with Crippen molar-refractivity contribution in [2.75, 3.05) is 5.32 Å². The van der Waals surface area contributed by atoms with E-state index in [2.05, 4.69) is 10.3 Å². The first-order valence-corrected chi connectivity index (χ1v) is 7.44. The van der Waals surface area contributed by atoms with Gasteiger partial charge in [0.2, 0.25) is 0 Å². The number of hydrogen-bond acceptors (Lipinski definition) is 3. The molecule has 2 aliphatic heterocycles. The third-order valence-electron chi connectivity index (χ3n) is 4.06. The Morgan fingerprint density at radius 3 is 2.56 bits per heavy atom. The molecule has 8 heteroatoms. The summed E-state index contributed by atoms with van der Waals surface area (Å²) >= 11 is 0. The second kappa shape index (κ2) is 5.87. The zero-order chi connectivity index (χ0) is 18.2. The summed E-state index contributed by atoms with van der Waals surface area (Å²) in [5, 5.41) is 2.57. The van der Waals surface area contributed by atoms with Gasteiger partial charge in [-0.15, -0.1) is 0 Å². The molecule has 0 fully saturated rings. The fourth-order valence-electron chi connectivity index (χ4n) is 2.69. The van der Waals surface area contributed by atoms with E-state index in [0.717, 1.165) is 12.1 Å². The van der Waals surface area contributed by atoms with E-state index < -0.39 is 29.1 Å². The number of hydrogen-bond donors (Lipinski definition) is 1. The summed E-state index contributed by atoms with van der Waals surface area (Å²) in [6, 6.07) is 4.13. The molecule has 1 unspecified atom stereocenters. The third-order valence-corrected chi connectivity index (χ3v) is 4.06. The van der Waals surface area contributed by atoms with Crippen molar-refractivity contribution in [2.24, 2.45) is 4.99 Å². The highest BCUT2D eigenvalue weighted by molar-refractivity contribution is 6.11. The minimum absolute atomic E-state index is 0.138. The topological polar surface area (TPSA) is 61.8 Å². The summed E-state index contributed by atoms with van der Waals surface area (Å²) in [6.07, 6.45) is 2.07. The Kier molecular flexibility index (Phi) is 3.98. The monoisotopic (exact) mass is 349 g/mol. The van der Waals surface area contributed by atoms with Gasteiger partial charge in [-0.2, -0.15) is 18.2 Å². The Hall–Kier alpha value is -2.90. The molecule has 0 bridgehead atoms. The van der Waals surface area contributed by atoms with Crippen LogP contribution in [-0.2, 0) is 15.8 Å². The second-order valence-corrected chi connectivity index (χ2v) is 5.91. The van der Waals surface area contributed by atoms with Crippen LogP contribution in [0.15, 0.2) is 53.7 Å². The molecule has 1 aromatic rings. The quantitative estimate of drug-likeness (QED) is 0.892.